The molecule has 11 heavy (non-hydrogen) atoms. The summed E-state index contributed by atoms with van der Waals surface area (Å²) in [5.74, 6) is 0. The van der Waals surface area contributed by atoms with Crippen LogP contribution in [0.3, 0.4) is 0 Å². The summed E-state index contributed by atoms with van der Waals surface area (Å²) in [5, 5.41) is 3.21. The van der Waals surface area contributed by atoms with Crippen LogP contribution < -0.4 is 0 Å². The molecule has 0 aromatic heterocycles. The summed E-state index contributed by atoms with van der Waals surface area (Å²) in [6.45, 7) is 2.01. The second-order valence-electron chi connectivity index (χ2n) is 2.23. The quantitative estimate of drug-likeness (QED) is 0.625. The Morgan fingerprint density at radius 3 is 2.82 bits per heavy atom. The number of hydrogen-bond acceptors (Lipinski definition) is 2. The zero-order valence-electron chi connectivity index (χ0n) is 6.17. The first kappa shape index (κ1) is 8.21. The van der Waals surface area contributed by atoms with E-state index in [9.17, 15) is 4.91 Å². The molecule has 0 spiro atoms. The molecule has 0 saturated carbocycles. The molecule has 0 atom stereocenters. The highest BCUT2D eigenvalue weighted by atomic mass is 35.5. The number of benzene rings is 1. The van der Waals surface area contributed by atoms with Crippen LogP contribution in [0.5, 0.6) is 0 Å². The Morgan fingerprint density at radius 2 is 2.27 bits per heavy atom. The average Bonchev–Trinajstić information content (AvgIpc) is 2.05. The summed E-state index contributed by atoms with van der Waals surface area (Å²) in [5.41, 5.74) is 1.40. The van der Waals surface area contributed by atoms with E-state index in [0.717, 1.165) is 12.0 Å². The number of hydrogen-bond donors (Lipinski definition) is 0. The Hall–Kier alpha value is -0.890. The number of nitrogens with zero attached hydrogens (tertiary/aromatic N) is 1. The summed E-state index contributed by atoms with van der Waals surface area (Å²) >= 11 is 5.66. The smallest absolute Gasteiger partial charge is 0.126 e. The summed E-state index contributed by atoms with van der Waals surface area (Å²) in [6.07, 6.45) is 0.889. The zero-order chi connectivity index (χ0) is 8.27. The highest BCUT2D eigenvalue weighted by Crippen LogP contribution is 2.25. The van der Waals surface area contributed by atoms with Gasteiger partial charge >= 0.3 is 0 Å². The molecule has 0 unspecified atom stereocenters. The van der Waals surface area contributed by atoms with Crippen molar-refractivity contribution >= 4 is 17.3 Å². The van der Waals surface area contributed by atoms with Gasteiger partial charge in [-0.2, -0.15) is 0 Å². The van der Waals surface area contributed by atoms with Crippen molar-refractivity contribution in [2.45, 2.75) is 13.3 Å². The van der Waals surface area contributed by atoms with E-state index in [1.165, 1.54) is 0 Å². The van der Waals surface area contributed by atoms with Crippen molar-refractivity contribution in [2.24, 2.45) is 5.18 Å². The van der Waals surface area contributed by atoms with Gasteiger partial charge in [0.2, 0.25) is 0 Å². The van der Waals surface area contributed by atoms with Crippen molar-refractivity contribution in [2.75, 3.05) is 0 Å². The van der Waals surface area contributed by atoms with Crippen molar-refractivity contribution in [3.63, 3.8) is 0 Å². The van der Waals surface area contributed by atoms with Gasteiger partial charge in [0.25, 0.3) is 0 Å². The first-order valence-electron chi connectivity index (χ1n) is 3.39. The molecule has 0 fully saturated rings. The Labute approximate surface area is 70.2 Å². The lowest BCUT2D eigenvalue weighted by Crippen LogP contribution is -1.78. The standard InChI is InChI=1S/C8H8ClNO/c1-2-6-3-4-7(9)8(5-6)10-11/h3-5H,2H2,1H3. The highest BCUT2D eigenvalue weighted by Gasteiger charge is 1.99. The second-order valence-corrected chi connectivity index (χ2v) is 2.64. The van der Waals surface area contributed by atoms with E-state index in [0.29, 0.717) is 10.7 Å². The van der Waals surface area contributed by atoms with Crippen LogP contribution in [0.4, 0.5) is 5.69 Å². The summed E-state index contributed by atoms with van der Waals surface area (Å²) in [6, 6.07) is 5.28. The molecular formula is C8H8ClNO. The van der Waals surface area contributed by atoms with E-state index >= 15 is 0 Å². The van der Waals surface area contributed by atoms with Gasteiger partial charge in [-0.05, 0) is 29.3 Å². The summed E-state index contributed by atoms with van der Waals surface area (Å²) in [4.78, 5) is 10.2. The predicted molar refractivity (Wildman–Crippen MR) is 46.3 cm³/mol. The Balaban J connectivity index is 3.12. The van der Waals surface area contributed by atoms with Crippen LogP contribution in [0.2, 0.25) is 5.02 Å². The molecule has 0 aliphatic rings. The van der Waals surface area contributed by atoms with E-state index in [-0.39, 0.29) is 0 Å². The van der Waals surface area contributed by atoms with Crippen LogP contribution in [-0.4, -0.2) is 0 Å². The summed E-state index contributed by atoms with van der Waals surface area (Å²) < 4.78 is 0. The van der Waals surface area contributed by atoms with Crippen LogP contribution in [-0.2, 0) is 6.42 Å². The average molecular weight is 170 g/mol. The lowest BCUT2D eigenvalue weighted by Gasteiger charge is -1.97. The van der Waals surface area contributed by atoms with E-state index < -0.39 is 0 Å². The monoisotopic (exact) mass is 169 g/mol. The normalized spacial score (nSPS) is 9.64. The van der Waals surface area contributed by atoms with Gasteiger partial charge in [-0.1, -0.05) is 24.6 Å². The van der Waals surface area contributed by atoms with Gasteiger partial charge in [-0.3, -0.25) is 0 Å². The van der Waals surface area contributed by atoms with Crippen molar-refractivity contribution in [1.29, 1.82) is 0 Å². The van der Waals surface area contributed by atoms with Gasteiger partial charge in [0.05, 0.1) is 5.02 Å². The zero-order valence-corrected chi connectivity index (χ0v) is 6.93. The topological polar surface area (TPSA) is 29.4 Å². The fourth-order valence-corrected chi connectivity index (χ4v) is 1.00. The maximum atomic E-state index is 10.2. The SMILES string of the molecule is CCc1ccc(Cl)c(N=O)c1. The van der Waals surface area contributed by atoms with Gasteiger partial charge in [-0.15, -0.1) is 4.91 Å². The molecule has 58 valence electrons. The highest BCUT2D eigenvalue weighted by molar-refractivity contribution is 6.32. The number of aryl methyl sites for hydroxylation is 1. The van der Waals surface area contributed by atoms with Gasteiger partial charge < -0.3 is 0 Å². The van der Waals surface area contributed by atoms with Crippen LogP contribution in [0.25, 0.3) is 0 Å². The molecule has 1 aromatic rings. The van der Waals surface area contributed by atoms with Gasteiger partial charge in [0, 0.05) is 0 Å². The van der Waals surface area contributed by atoms with Gasteiger partial charge in [-0.25, -0.2) is 0 Å². The molecule has 0 radical (unpaired) electrons. The van der Waals surface area contributed by atoms with Crippen LogP contribution in [0.15, 0.2) is 23.4 Å². The Kier molecular flexibility index (Phi) is 2.60. The lowest BCUT2D eigenvalue weighted by molar-refractivity contribution is 1.14. The fourth-order valence-electron chi connectivity index (χ4n) is 0.848. The first-order chi connectivity index (χ1) is 5.27. The third kappa shape index (κ3) is 1.77. The number of halogens is 1. The van der Waals surface area contributed by atoms with E-state index in [1.807, 2.05) is 13.0 Å². The number of rotatable bonds is 2. The maximum absolute atomic E-state index is 10.2. The maximum Gasteiger partial charge on any atom is 0.126 e. The minimum absolute atomic E-state index is 0.325. The van der Waals surface area contributed by atoms with Gasteiger partial charge in [0.1, 0.15) is 5.69 Å². The van der Waals surface area contributed by atoms with Crippen molar-refractivity contribution in [1.82, 2.24) is 0 Å². The van der Waals surface area contributed by atoms with Crippen molar-refractivity contribution in [3.05, 3.63) is 33.7 Å². The van der Waals surface area contributed by atoms with Crippen LogP contribution in [0, 0.1) is 4.91 Å². The third-order valence-electron chi connectivity index (χ3n) is 1.52. The molecular weight excluding hydrogens is 162 g/mol. The molecule has 3 heteroatoms. The third-order valence-corrected chi connectivity index (χ3v) is 1.84. The van der Waals surface area contributed by atoms with Crippen molar-refractivity contribution in [3.8, 4) is 0 Å². The van der Waals surface area contributed by atoms with E-state index in [2.05, 4.69) is 5.18 Å². The molecule has 1 rings (SSSR count). The second kappa shape index (κ2) is 3.49. The molecule has 0 N–H and O–H groups in total. The van der Waals surface area contributed by atoms with E-state index in [4.69, 9.17) is 11.6 Å². The fraction of sp³-hybridized carbons (Fsp3) is 0.250. The van der Waals surface area contributed by atoms with Crippen LogP contribution in [0.1, 0.15) is 12.5 Å². The lowest BCUT2D eigenvalue weighted by atomic mass is 10.1. The Bertz CT molecular complexity index is 273. The molecule has 0 aliphatic carbocycles. The molecule has 0 bridgehead atoms. The molecule has 0 heterocycles. The van der Waals surface area contributed by atoms with Crippen molar-refractivity contribution < 1.29 is 0 Å². The molecule has 1 aromatic carbocycles. The minimum Gasteiger partial charge on any atom is -0.145 e. The Morgan fingerprint density at radius 1 is 1.55 bits per heavy atom. The van der Waals surface area contributed by atoms with Crippen LogP contribution >= 0.6 is 11.6 Å². The van der Waals surface area contributed by atoms with Gasteiger partial charge in [0.15, 0.2) is 0 Å². The molecule has 0 aliphatic heterocycles. The molecule has 2 nitrogen and oxygen atoms in total. The predicted octanol–water partition coefficient (Wildman–Crippen LogP) is 3.30. The molecule has 0 amide bonds. The van der Waals surface area contributed by atoms with E-state index in [1.54, 1.807) is 12.1 Å². The first-order valence-corrected chi connectivity index (χ1v) is 3.77. The number of nitroso groups, excluding NO2 is 1. The summed E-state index contributed by atoms with van der Waals surface area (Å²) in [7, 11) is 0. The largest absolute Gasteiger partial charge is 0.145 e. The molecule has 0 saturated heterocycles. The minimum atomic E-state index is 0.325.